The van der Waals surface area contributed by atoms with E-state index >= 15 is 0 Å². The zero-order chi connectivity index (χ0) is 19.5. The summed E-state index contributed by atoms with van der Waals surface area (Å²) < 4.78 is 36.7. The van der Waals surface area contributed by atoms with Crippen LogP contribution in [0, 0.1) is 0 Å². The normalized spacial score (nSPS) is 21.3. The molecule has 0 unspecified atom stereocenters. The minimum Gasteiger partial charge on any atom is -0.381 e. The van der Waals surface area contributed by atoms with Crippen molar-refractivity contribution in [3.05, 3.63) is 0 Å². The van der Waals surface area contributed by atoms with Crippen molar-refractivity contribution >= 4 is 16.0 Å². The van der Waals surface area contributed by atoms with E-state index in [1.165, 1.54) is 0 Å². The predicted molar refractivity (Wildman–Crippen MR) is 108 cm³/mol. The molecule has 0 aromatic heterocycles. The molecule has 0 spiro atoms. The zero-order valence-corrected chi connectivity index (χ0v) is 17.6. The van der Waals surface area contributed by atoms with Gasteiger partial charge in [0.15, 0.2) is 5.96 Å². The fraction of sp³-hybridized carbons (Fsp3) is 0.944. The molecule has 8 nitrogen and oxygen atoms in total. The van der Waals surface area contributed by atoms with E-state index in [0.29, 0.717) is 25.7 Å². The van der Waals surface area contributed by atoms with Crippen LogP contribution in [0.3, 0.4) is 0 Å². The van der Waals surface area contributed by atoms with Crippen LogP contribution in [-0.2, 0) is 19.5 Å². The molecule has 0 amide bonds. The van der Waals surface area contributed by atoms with Crippen LogP contribution in [0.25, 0.3) is 0 Å². The van der Waals surface area contributed by atoms with E-state index in [9.17, 15) is 8.42 Å². The molecule has 2 fully saturated rings. The number of nitrogens with one attached hydrogen (secondary N) is 2. The topological polar surface area (TPSA) is 92.3 Å². The molecule has 0 atom stereocenters. The summed E-state index contributed by atoms with van der Waals surface area (Å²) in [7, 11) is -3.08. The van der Waals surface area contributed by atoms with Crippen LogP contribution in [0.15, 0.2) is 4.99 Å². The van der Waals surface area contributed by atoms with Gasteiger partial charge in [0.2, 0.25) is 10.0 Å². The second-order valence-corrected chi connectivity index (χ2v) is 9.27. The molecule has 158 valence electrons. The van der Waals surface area contributed by atoms with Crippen molar-refractivity contribution in [3.8, 4) is 0 Å². The van der Waals surface area contributed by atoms with E-state index in [2.05, 4.69) is 15.6 Å². The molecule has 0 aromatic rings. The molecule has 2 saturated heterocycles. The van der Waals surface area contributed by atoms with E-state index < -0.39 is 10.0 Å². The lowest BCUT2D eigenvalue weighted by molar-refractivity contribution is -0.0318. The molecule has 9 heteroatoms. The Bertz CT molecular complexity index is 542. The first-order valence-electron chi connectivity index (χ1n) is 10.3. The zero-order valence-electron chi connectivity index (χ0n) is 16.8. The lowest BCUT2D eigenvalue weighted by atomic mass is 10.1. The van der Waals surface area contributed by atoms with Crippen LogP contribution in [0.2, 0.25) is 0 Å². The lowest BCUT2D eigenvalue weighted by Gasteiger charge is -2.32. The van der Waals surface area contributed by atoms with Gasteiger partial charge in [0, 0.05) is 52.0 Å². The van der Waals surface area contributed by atoms with Crippen LogP contribution in [0.1, 0.15) is 46.0 Å². The second-order valence-electron chi connectivity index (χ2n) is 7.01. The number of hydrogen-bond donors (Lipinski definition) is 2. The fourth-order valence-electron chi connectivity index (χ4n) is 3.32. The van der Waals surface area contributed by atoms with Crippen LogP contribution in [0.4, 0.5) is 0 Å². The van der Waals surface area contributed by atoms with Crippen molar-refractivity contribution in [2.45, 2.75) is 58.1 Å². The Labute approximate surface area is 164 Å². The van der Waals surface area contributed by atoms with Crippen LogP contribution < -0.4 is 10.6 Å². The van der Waals surface area contributed by atoms with Crippen molar-refractivity contribution in [2.75, 3.05) is 51.8 Å². The number of nitrogens with zero attached hydrogens (tertiary/aromatic N) is 2. The Morgan fingerprint density at radius 2 is 1.89 bits per heavy atom. The van der Waals surface area contributed by atoms with Crippen molar-refractivity contribution in [2.24, 2.45) is 4.99 Å². The third-order valence-electron chi connectivity index (χ3n) is 4.99. The highest BCUT2D eigenvalue weighted by atomic mass is 32.2. The van der Waals surface area contributed by atoms with Gasteiger partial charge in [-0.3, -0.25) is 4.99 Å². The molecule has 2 heterocycles. The first-order chi connectivity index (χ1) is 13.0. The first-order valence-corrected chi connectivity index (χ1v) is 11.9. The summed E-state index contributed by atoms with van der Waals surface area (Å²) in [5.74, 6) is 0.978. The molecule has 27 heavy (non-hydrogen) atoms. The van der Waals surface area contributed by atoms with E-state index in [-0.39, 0.29) is 11.8 Å². The fourth-order valence-corrected chi connectivity index (χ4v) is 4.45. The van der Waals surface area contributed by atoms with Crippen molar-refractivity contribution in [1.82, 2.24) is 14.9 Å². The summed E-state index contributed by atoms with van der Waals surface area (Å²) in [5.41, 5.74) is 0. The van der Waals surface area contributed by atoms with Gasteiger partial charge >= 0.3 is 0 Å². The standard InChI is InChI=1S/C18H36N4O4S/c1-3-19-18(20-10-5-13-26-17-8-14-25-15-9-17)21-16-6-11-22(12-7-16)27(23,24)4-2/h16-17H,3-15H2,1-2H3,(H2,19,20,21). The van der Waals surface area contributed by atoms with E-state index in [1.807, 2.05) is 6.92 Å². The molecule has 0 aliphatic carbocycles. The third-order valence-corrected chi connectivity index (χ3v) is 6.87. The van der Waals surface area contributed by atoms with Crippen molar-refractivity contribution in [3.63, 3.8) is 0 Å². The van der Waals surface area contributed by atoms with Crippen LogP contribution >= 0.6 is 0 Å². The van der Waals surface area contributed by atoms with Gasteiger partial charge in [0.1, 0.15) is 0 Å². The predicted octanol–water partition coefficient (Wildman–Crippen LogP) is 0.941. The summed E-state index contributed by atoms with van der Waals surface area (Å²) in [6, 6.07) is 0.254. The van der Waals surface area contributed by atoms with Crippen molar-refractivity contribution in [1.29, 1.82) is 0 Å². The number of sulfonamides is 1. The number of ether oxygens (including phenoxy) is 2. The molecular weight excluding hydrogens is 368 g/mol. The Morgan fingerprint density at radius 1 is 1.19 bits per heavy atom. The van der Waals surface area contributed by atoms with E-state index in [1.54, 1.807) is 11.2 Å². The van der Waals surface area contributed by atoms with Gasteiger partial charge in [0.05, 0.1) is 11.9 Å². The molecule has 2 aliphatic rings. The number of rotatable bonds is 9. The number of hydrogen-bond acceptors (Lipinski definition) is 5. The molecule has 0 radical (unpaired) electrons. The van der Waals surface area contributed by atoms with Crippen LogP contribution in [-0.4, -0.2) is 82.6 Å². The maximum Gasteiger partial charge on any atom is 0.213 e. The smallest absolute Gasteiger partial charge is 0.213 e. The highest BCUT2D eigenvalue weighted by molar-refractivity contribution is 7.89. The average Bonchev–Trinajstić information content (AvgIpc) is 2.69. The Balaban J connectivity index is 1.69. The highest BCUT2D eigenvalue weighted by Crippen LogP contribution is 2.14. The van der Waals surface area contributed by atoms with Gasteiger partial charge in [-0.05, 0) is 46.0 Å². The van der Waals surface area contributed by atoms with E-state index in [0.717, 1.165) is 64.4 Å². The minimum atomic E-state index is -3.08. The maximum atomic E-state index is 12.0. The SMILES string of the molecule is CCNC(=NCCCOC1CCOCC1)NC1CCN(S(=O)(=O)CC)CC1. The van der Waals surface area contributed by atoms with Gasteiger partial charge in [0.25, 0.3) is 0 Å². The first kappa shape index (κ1) is 22.4. The Morgan fingerprint density at radius 3 is 2.52 bits per heavy atom. The quantitative estimate of drug-likeness (QED) is 0.338. The second kappa shape index (κ2) is 11.8. The number of piperidine rings is 1. The van der Waals surface area contributed by atoms with E-state index in [4.69, 9.17) is 9.47 Å². The average molecular weight is 405 g/mol. The maximum absolute atomic E-state index is 12.0. The third kappa shape index (κ3) is 7.93. The highest BCUT2D eigenvalue weighted by Gasteiger charge is 2.26. The summed E-state index contributed by atoms with van der Waals surface area (Å²) >= 11 is 0. The Kier molecular flexibility index (Phi) is 9.81. The summed E-state index contributed by atoms with van der Waals surface area (Å²) in [5, 5.41) is 6.72. The van der Waals surface area contributed by atoms with Gasteiger partial charge in [-0.15, -0.1) is 0 Å². The molecule has 0 saturated carbocycles. The molecular formula is C18H36N4O4S. The minimum absolute atomic E-state index is 0.172. The van der Waals surface area contributed by atoms with Crippen molar-refractivity contribution < 1.29 is 17.9 Å². The summed E-state index contributed by atoms with van der Waals surface area (Å²) in [4.78, 5) is 4.63. The summed E-state index contributed by atoms with van der Waals surface area (Å²) in [6.45, 7) is 8.73. The van der Waals surface area contributed by atoms with Gasteiger partial charge < -0.3 is 20.1 Å². The Hall–Kier alpha value is -0.900. The molecule has 2 aliphatic heterocycles. The summed E-state index contributed by atoms with van der Waals surface area (Å²) in [6.07, 6.45) is 4.80. The lowest BCUT2D eigenvalue weighted by Crippen LogP contribution is -2.50. The van der Waals surface area contributed by atoms with Crippen LogP contribution in [0.5, 0.6) is 0 Å². The molecule has 2 N–H and O–H groups in total. The number of aliphatic imine (C=N–C) groups is 1. The van der Waals surface area contributed by atoms with Gasteiger partial charge in [-0.25, -0.2) is 12.7 Å². The monoisotopic (exact) mass is 404 g/mol. The molecule has 0 bridgehead atoms. The van der Waals surface area contributed by atoms with Gasteiger partial charge in [-0.1, -0.05) is 0 Å². The van der Waals surface area contributed by atoms with Gasteiger partial charge in [-0.2, -0.15) is 0 Å². The molecule has 2 rings (SSSR count). The largest absolute Gasteiger partial charge is 0.381 e. The number of guanidine groups is 1. The molecule has 0 aromatic carbocycles.